The number of hydrogen-bond acceptors (Lipinski definition) is 2. The van der Waals surface area contributed by atoms with Crippen molar-refractivity contribution in [3.63, 3.8) is 0 Å². The molecule has 1 heterocycles. The highest BCUT2D eigenvalue weighted by Gasteiger charge is 2.45. The van der Waals surface area contributed by atoms with Crippen LogP contribution in [-0.4, -0.2) is 53.0 Å². The minimum absolute atomic E-state index is 0.116. The fourth-order valence-electron chi connectivity index (χ4n) is 2.70. The molecule has 1 N–H and O–H groups in total. The fraction of sp³-hybridized carbons (Fsp3) is 1.00. The standard InChI is InChI=1S/C11H25N2O/c1-10(2)7-8-13(5,6)9-11(3,4)12(10)14/h14H,7-9H2,1-6H3/q+1. The van der Waals surface area contributed by atoms with Gasteiger partial charge in [0.1, 0.15) is 0 Å². The van der Waals surface area contributed by atoms with Gasteiger partial charge in [-0.1, -0.05) is 0 Å². The van der Waals surface area contributed by atoms with E-state index in [1.807, 2.05) is 0 Å². The van der Waals surface area contributed by atoms with E-state index in [1.54, 1.807) is 5.06 Å². The zero-order valence-electron chi connectivity index (χ0n) is 10.5. The van der Waals surface area contributed by atoms with Crippen LogP contribution in [0.5, 0.6) is 0 Å². The highest BCUT2D eigenvalue weighted by atomic mass is 16.5. The molecular weight excluding hydrogens is 176 g/mol. The van der Waals surface area contributed by atoms with Crippen molar-refractivity contribution in [2.75, 3.05) is 27.2 Å². The van der Waals surface area contributed by atoms with Crippen LogP contribution < -0.4 is 0 Å². The summed E-state index contributed by atoms with van der Waals surface area (Å²) in [6.45, 7) is 10.5. The summed E-state index contributed by atoms with van der Waals surface area (Å²) in [6, 6.07) is 0. The molecule has 0 bridgehead atoms. The zero-order chi connectivity index (χ0) is 11.2. The van der Waals surface area contributed by atoms with Crippen molar-refractivity contribution in [2.24, 2.45) is 0 Å². The first-order chi connectivity index (χ1) is 6.07. The fourth-order valence-corrected chi connectivity index (χ4v) is 2.70. The van der Waals surface area contributed by atoms with Gasteiger partial charge in [-0.2, -0.15) is 5.06 Å². The van der Waals surface area contributed by atoms with Crippen LogP contribution in [0.4, 0.5) is 0 Å². The van der Waals surface area contributed by atoms with Crippen LogP contribution in [0.1, 0.15) is 34.1 Å². The van der Waals surface area contributed by atoms with Gasteiger partial charge in [0.25, 0.3) is 0 Å². The van der Waals surface area contributed by atoms with Crippen molar-refractivity contribution in [3.8, 4) is 0 Å². The average molecular weight is 201 g/mol. The SMILES string of the molecule is CC1(C)CC[N+](C)(C)CC(C)(C)N1O. The first-order valence-corrected chi connectivity index (χ1v) is 5.38. The molecule has 1 saturated heterocycles. The van der Waals surface area contributed by atoms with E-state index < -0.39 is 0 Å². The van der Waals surface area contributed by atoms with Crippen molar-refractivity contribution < 1.29 is 9.69 Å². The molecule has 0 spiro atoms. The first kappa shape index (κ1) is 12.0. The van der Waals surface area contributed by atoms with Crippen molar-refractivity contribution in [1.29, 1.82) is 0 Å². The second kappa shape index (κ2) is 3.19. The van der Waals surface area contributed by atoms with Crippen LogP contribution in [0.25, 0.3) is 0 Å². The van der Waals surface area contributed by atoms with Crippen molar-refractivity contribution >= 4 is 0 Å². The third kappa shape index (κ3) is 2.27. The summed E-state index contributed by atoms with van der Waals surface area (Å²) < 4.78 is 0.980. The third-order valence-corrected chi connectivity index (χ3v) is 3.29. The van der Waals surface area contributed by atoms with Crippen LogP contribution in [0, 0.1) is 0 Å². The molecule has 0 aromatic heterocycles. The summed E-state index contributed by atoms with van der Waals surface area (Å²) >= 11 is 0. The van der Waals surface area contributed by atoms with Gasteiger partial charge in [-0.25, -0.2) is 0 Å². The summed E-state index contributed by atoms with van der Waals surface area (Å²) in [5.41, 5.74) is -0.265. The molecule has 0 aromatic rings. The predicted molar refractivity (Wildman–Crippen MR) is 58.2 cm³/mol. The van der Waals surface area contributed by atoms with Crippen molar-refractivity contribution in [3.05, 3.63) is 0 Å². The summed E-state index contributed by atoms with van der Waals surface area (Å²) in [5.74, 6) is 0. The van der Waals surface area contributed by atoms with E-state index >= 15 is 0 Å². The molecule has 0 unspecified atom stereocenters. The average Bonchev–Trinajstić information content (AvgIpc) is 2.01. The Morgan fingerprint density at radius 3 is 2.07 bits per heavy atom. The second-order valence-electron chi connectivity index (χ2n) is 6.50. The van der Waals surface area contributed by atoms with Crippen LogP contribution >= 0.6 is 0 Å². The molecular formula is C11H25N2O+. The maximum absolute atomic E-state index is 10.2. The zero-order valence-corrected chi connectivity index (χ0v) is 10.5. The first-order valence-electron chi connectivity index (χ1n) is 5.38. The maximum Gasteiger partial charge on any atom is 0.0987 e. The molecule has 0 saturated carbocycles. The van der Waals surface area contributed by atoms with Gasteiger partial charge in [0, 0.05) is 12.0 Å². The molecule has 3 heteroatoms. The molecule has 0 aromatic carbocycles. The van der Waals surface area contributed by atoms with E-state index in [9.17, 15) is 5.21 Å². The lowest BCUT2D eigenvalue weighted by Gasteiger charge is -2.41. The van der Waals surface area contributed by atoms with Gasteiger partial charge in [0.2, 0.25) is 0 Å². The van der Waals surface area contributed by atoms with E-state index in [-0.39, 0.29) is 11.1 Å². The Morgan fingerprint density at radius 2 is 1.57 bits per heavy atom. The van der Waals surface area contributed by atoms with Gasteiger partial charge in [-0.05, 0) is 27.7 Å². The second-order valence-corrected chi connectivity index (χ2v) is 6.50. The summed E-state index contributed by atoms with van der Waals surface area (Å²) in [5, 5.41) is 11.7. The largest absolute Gasteiger partial charge is 0.327 e. The molecule has 0 atom stereocenters. The highest BCUT2D eigenvalue weighted by Crippen LogP contribution is 2.31. The van der Waals surface area contributed by atoms with E-state index in [1.165, 1.54) is 0 Å². The Labute approximate surface area is 87.9 Å². The molecule has 1 rings (SSSR count). The molecule has 84 valence electrons. The van der Waals surface area contributed by atoms with Crippen molar-refractivity contribution in [2.45, 2.75) is 45.2 Å². The van der Waals surface area contributed by atoms with E-state index in [0.717, 1.165) is 24.0 Å². The number of likely N-dealkylation sites (N-methyl/N-ethyl adjacent to an activating group) is 1. The Hall–Kier alpha value is -0.120. The number of quaternary nitrogens is 1. The predicted octanol–water partition coefficient (Wildman–Crippen LogP) is 1.71. The quantitative estimate of drug-likeness (QED) is 0.603. The van der Waals surface area contributed by atoms with Crippen LogP contribution in [-0.2, 0) is 0 Å². The van der Waals surface area contributed by atoms with Gasteiger partial charge in [-0.15, -0.1) is 0 Å². The van der Waals surface area contributed by atoms with E-state index in [4.69, 9.17) is 0 Å². The van der Waals surface area contributed by atoms with Crippen LogP contribution in [0.15, 0.2) is 0 Å². The van der Waals surface area contributed by atoms with Gasteiger partial charge in [0.05, 0.1) is 32.7 Å². The third-order valence-electron chi connectivity index (χ3n) is 3.29. The summed E-state index contributed by atoms with van der Waals surface area (Å²) in [6.07, 6.45) is 1.03. The van der Waals surface area contributed by atoms with E-state index in [2.05, 4.69) is 41.8 Å². The Bertz CT molecular complexity index is 221. The Balaban J connectivity index is 2.98. The van der Waals surface area contributed by atoms with Crippen LogP contribution in [0.3, 0.4) is 0 Å². The Morgan fingerprint density at radius 1 is 1.07 bits per heavy atom. The minimum atomic E-state index is -0.149. The maximum atomic E-state index is 10.2. The normalized spacial score (nSPS) is 31.1. The highest BCUT2D eigenvalue weighted by molar-refractivity contribution is 4.89. The topological polar surface area (TPSA) is 23.5 Å². The lowest BCUT2D eigenvalue weighted by molar-refractivity contribution is -0.893. The lowest BCUT2D eigenvalue weighted by atomic mass is 9.95. The molecule has 0 aliphatic carbocycles. The number of nitrogens with zero attached hydrogens (tertiary/aromatic N) is 2. The molecule has 1 aliphatic heterocycles. The van der Waals surface area contributed by atoms with Crippen LogP contribution in [0.2, 0.25) is 0 Å². The minimum Gasteiger partial charge on any atom is -0.327 e. The summed E-state index contributed by atoms with van der Waals surface area (Å²) in [7, 11) is 4.47. The van der Waals surface area contributed by atoms with Crippen molar-refractivity contribution in [1.82, 2.24) is 5.06 Å². The Kier molecular flexibility index (Phi) is 2.72. The molecule has 14 heavy (non-hydrogen) atoms. The molecule has 0 amide bonds. The van der Waals surface area contributed by atoms with Gasteiger partial charge in [-0.3, -0.25) is 0 Å². The monoisotopic (exact) mass is 201 g/mol. The molecule has 1 fully saturated rings. The van der Waals surface area contributed by atoms with Gasteiger partial charge in [0.15, 0.2) is 0 Å². The summed E-state index contributed by atoms with van der Waals surface area (Å²) in [4.78, 5) is 0. The molecule has 3 nitrogen and oxygen atoms in total. The molecule has 1 aliphatic rings. The number of rotatable bonds is 0. The van der Waals surface area contributed by atoms with E-state index in [0.29, 0.717) is 0 Å². The number of hydrogen-bond donors (Lipinski definition) is 1. The molecule has 0 radical (unpaired) electrons. The number of hydroxylamine groups is 2. The van der Waals surface area contributed by atoms with Gasteiger partial charge < -0.3 is 9.69 Å². The van der Waals surface area contributed by atoms with Gasteiger partial charge >= 0.3 is 0 Å². The smallest absolute Gasteiger partial charge is 0.0987 e. The lowest BCUT2D eigenvalue weighted by Crippen LogP contribution is -2.57.